The summed E-state index contributed by atoms with van der Waals surface area (Å²) in [4.78, 5) is 1.96. The summed E-state index contributed by atoms with van der Waals surface area (Å²) in [6, 6.07) is 15.8. The van der Waals surface area contributed by atoms with Gasteiger partial charge in [-0.05, 0) is 47.6 Å². The molecule has 0 aliphatic heterocycles. The van der Waals surface area contributed by atoms with E-state index < -0.39 is 0 Å². The Morgan fingerprint density at radius 1 is 0.864 bits per heavy atom. The lowest BCUT2D eigenvalue weighted by Crippen LogP contribution is -2.34. The van der Waals surface area contributed by atoms with Gasteiger partial charge in [-0.15, -0.1) is 0 Å². The van der Waals surface area contributed by atoms with Crippen LogP contribution in [-0.2, 0) is 13.1 Å². The summed E-state index contributed by atoms with van der Waals surface area (Å²) in [6.07, 6.45) is 0. The van der Waals surface area contributed by atoms with Crippen LogP contribution in [0.25, 0.3) is 0 Å². The molecule has 0 amide bonds. The highest BCUT2D eigenvalue weighted by molar-refractivity contribution is 7.80. The molecule has 0 aromatic heterocycles. The quantitative estimate of drug-likeness (QED) is 0.830. The van der Waals surface area contributed by atoms with E-state index in [9.17, 15) is 0 Å². The first kappa shape index (κ1) is 16.1. The molecule has 116 valence electrons. The average molecular weight is 316 g/mol. The molecule has 0 unspecified atom stereocenters. The fraction of sp³-hybridized carbons (Fsp3) is 0.235. The molecule has 0 aliphatic carbocycles. The number of benzene rings is 2. The van der Waals surface area contributed by atoms with Crippen molar-refractivity contribution in [3.05, 3.63) is 59.7 Å². The number of methoxy groups -OCH3 is 2. The molecule has 0 aliphatic rings. The molecular formula is C17H20N2O2S. The minimum atomic E-state index is 0.381. The van der Waals surface area contributed by atoms with Crippen molar-refractivity contribution >= 4 is 17.3 Å². The summed E-state index contributed by atoms with van der Waals surface area (Å²) in [5, 5.41) is 0.381. The van der Waals surface area contributed by atoms with Crippen molar-refractivity contribution in [3.63, 3.8) is 0 Å². The molecule has 2 N–H and O–H groups in total. The zero-order valence-electron chi connectivity index (χ0n) is 12.8. The van der Waals surface area contributed by atoms with Crippen molar-refractivity contribution in [1.29, 1.82) is 0 Å². The summed E-state index contributed by atoms with van der Waals surface area (Å²) in [5.41, 5.74) is 8.11. The molecule has 0 atom stereocenters. The van der Waals surface area contributed by atoms with Crippen molar-refractivity contribution in [1.82, 2.24) is 4.90 Å². The fourth-order valence-electron chi connectivity index (χ4n) is 2.11. The van der Waals surface area contributed by atoms with Crippen molar-refractivity contribution < 1.29 is 9.47 Å². The fourth-order valence-corrected chi connectivity index (χ4v) is 2.24. The summed E-state index contributed by atoms with van der Waals surface area (Å²) in [7, 11) is 3.31. The van der Waals surface area contributed by atoms with Gasteiger partial charge in [-0.1, -0.05) is 24.3 Å². The van der Waals surface area contributed by atoms with Crippen LogP contribution < -0.4 is 15.2 Å². The standard InChI is InChI=1S/C17H20N2O2S/c1-20-15-7-3-13(4-8-15)11-19(17(18)22)12-14-5-9-16(21-2)10-6-14/h3-10H,11-12H2,1-2H3,(H2,18,22). The highest BCUT2D eigenvalue weighted by Gasteiger charge is 2.09. The molecular weight excluding hydrogens is 296 g/mol. The van der Waals surface area contributed by atoms with Crippen LogP contribution in [-0.4, -0.2) is 24.2 Å². The maximum absolute atomic E-state index is 5.85. The van der Waals surface area contributed by atoms with Crippen LogP contribution in [0.15, 0.2) is 48.5 Å². The average Bonchev–Trinajstić information content (AvgIpc) is 2.55. The molecule has 4 nitrogen and oxygen atoms in total. The summed E-state index contributed by atoms with van der Waals surface area (Å²) < 4.78 is 10.3. The molecule has 2 aromatic carbocycles. The van der Waals surface area contributed by atoms with Gasteiger partial charge in [-0.2, -0.15) is 0 Å². The molecule has 2 aromatic rings. The molecule has 0 spiro atoms. The first-order valence-corrected chi connectivity index (χ1v) is 7.33. The van der Waals surface area contributed by atoms with Gasteiger partial charge in [0.15, 0.2) is 5.11 Å². The van der Waals surface area contributed by atoms with Gasteiger partial charge in [0.05, 0.1) is 14.2 Å². The van der Waals surface area contributed by atoms with E-state index in [-0.39, 0.29) is 0 Å². The smallest absolute Gasteiger partial charge is 0.166 e. The minimum Gasteiger partial charge on any atom is -0.497 e. The van der Waals surface area contributed by atoms with Gasteiger partial charge in [-0.25, -0.2) is 0 Å². The summed E-state index contributed by atoms with van der Waals surface area (Å²) in [5.74, 6) is 1.67. The van der Waals surface area contributed by atoms with E-state index in [1.54, 1.807) is 14.2 Å². The third-order valence-corrected chi connectivity index (χ3v) is 3.63. The first-order chi connectivity index (χ1) is 10.6. The van der Waals surface area contributed by atoms with E-state index in [2.05, 4.69) is 0 Å². The Labute approximate surface area is 136 Å². The second-order valence-corrected chi connectivity index (χ2v) is 5.31. The Bertz CT molecular complexity index is 562. The van der Waals surface area contributed by atoms with Gasteiger partial charge in [-0.3, -0.25) is 0 Å². The Morgan fingerprint density at radius 3 is 1.50 bits per heavy atom. The van der Waals surface area contributed by atoms with Gasteiger partial charge in [0.1, 0.15) is 11.5 Å². The monoisotopic (exact) mass is 316 g/mol. The normalized spacial score (nSPS) is 10.1. The predicted molar refractivity (Wildman–Crippen MR) is 92.0 cm³/mol. The topological polar surface area (TPSA) is 47.7 Å². The number of thiocarbonyl (C=S) groups is 1. The second-order valence-electron chi connectivity index (χ2n) is 4.89. The molecule has 0 fully saturated rings. The highest BCUT2D eigenvalue weighted by atomic mass is 32.1. The Balaban J connectivity index is 2.06. The lowest BCUT2D eigenvalue weighted by Gasteiger charge is -2.23. The van der Waals surface area contributed by atoms with E-state index in [0.29, 0.717) is 18.2 Å². The zero-order valence-corrected chi connectivity index (χ0v) is 13.6. The number of hydrogen-bond donors (Lipinski definition) is 1. The van der Waals surface area contributed by atoms with E-state index in [0.717, 1.165) is 22.6 Å². The van der Waals surface area contributed by atoms with Crippen LogP contribution in [0.2, 0.25) is 0 Å². The highest BCUT2D eigenvalue weighted by Crippen LogP contribution is 2.16. The summed E-state index contributed by atoms with van der Waals surface area (Å²) in [6.45, 7) is 1.32. The third-order valence-electron chi connectivity index (χ3n) is 3.38. The van der Waals surface area contributed by atoms with E-state index in [1.807, 2.05) is 53.4 Å². The lowest BCUT2D eigenvalue weighted by molar-refractivity contribution is 0.403. The minimum absolute atomic E-state index is 0.381. The Morgan fingerprint density at radius 2 is 1.23 bits per heavy atom. The third kappa shape index (κ3) is 4.36. The molecule has 22 heavy (non-hydrogen) atoms. The molecule has 5 heteroatoms. The van der Waals surface area contributed by atoms with Crippen molar-refractivity contribution in [3.8, 4) is 11.5 Å². The van der Waals surface area contributed by atoms with Gasteiger partial charge >= 0.3 is 0 Å². The van der Waals surface area contributed by atoms with Gasteiger partial charge in [0.2, 0.25) is 0 Å². The lowest BCUT2D eigenvalue weighted by atomic mass is 10.1. The molecule has 0 saturated carbocycles. The number of hydrogen-bond acceptors (Lipinski definition) is 3. The van der Waals surface area contributed by atoms with Crippen LogP contribution in [0.1, 0.15) is 11.1 Å². The molecule has 2 rings (SSSR count). The van der Waals surface area contributed by atoms with E-state index >= 15 is 0 Å². The molecule has 0 saturated heterocycles. The zero-order chi connectivity index (χ0) is 15.9. The Kier molecular flexibility index (Phi) is 5.61. The van der Waals surface area contributed by atoms with Gasteiger partial charge in [0.25, 0.3) is 0 Å². The SMILES string of the molecule is COc1ccc(CN(Cc2ccc(OC)cc2)C(N)=S)cc1. The first-order valence-electron chi connectivity index (χ1n) is 6.92. The molecule has 0 radical (unpaired) electrons. The van der Waals surface area contributed by atoms with Crippen LogP contribution in [0, 0.1) is 0 Å². The maximum atomic E-state index is 5.85. The van der Waals surface area contributed by atoms with Crippen molar-refractivity contribution in [2.75, 3.05) is 14.2 Å². The number of nitrogens with two attached hydrogens (primary N) is 1. The molecule has 0 bridgehead atoms. The maximum Gasteiger partial charge on any atom is 0.166 e. The number of ether oxygens (including phenoxy) is 2. The van der Waals surface area contributed by atoms with Crippen LogP contribution in [0.3, 0.4) is 0 Å². The predicted octanol–water partition coefficient (Wildman–Crippen LogP) is 2.95. The van der Waals surface area contributed by atoms with E-state index in [1.165, 1.54) is 0 Å². The largest absolute Gasteiger partial charge is 0.497 e. The number of nitrogens with zero attached hydrogens (tertiary/aromatic N) is 1. The Hall–Kier alpha value is -2.27. The van der Waals surface area contributed by atoms with Crippen molar-refractivity contribution in [2.45, 2.75) is 13.1 Å². The van der Waals surface area contributed by atoms with Crippen molar-refractivity contribution in [2.24, 2.45) is 5.73 Å². The van der Waals surface area contributed by atoms with Gasteiger partial charge in [0, 0.05) is 13.1 Å². The van der Waals surface area contributed by atoms with Crippen LogP contribution in [0.4, 0.5) is 0 Å². The molecule has 0 heterocycles. The summed E-state index contributed by atoms with van der Waals surface area (Å²) >= 11 is 5.17. The van der Waals surface area contributed by atoms with E-state index in [4.69, 9.17) is 27.4 Å². The van der Waals surface area contributed by atoms with Crippen LogP contribution >= 0.6 is 12.2 Å². The second kappa shape index (κ2) is 7.66. The van der Waals surface area contributed by atoms with Gasteiger partial charge < -0.3 is 20.1 Å². The van der Waals surface area contributed by atoms with Crippen LogP contribution in [0.5, 0.6) is 11.5 Å². The number of rotatable bonds is 6.